The van der Waals surface area contributed by atoms with Gasteiger partial charge in [-0.25, -0.2) is 9.37 Å². The maximum atomic E-state index is 13.8. The third-order valence-corrected chi connectivity index (χ3v) is 6.03. The van der Waals surface area contributed by atoms with Crippen LogP contribution >= 0.6 is 11.6 Å². The lowest BCUT2D eigenvalue weighted by atomic mass is 9.88. The van der Waals surface area contributed by atoms with Gasteiger partial charge in [0.05, 0.1) is 23.0 Å². The summed E-state index contributed by atoms with van der Waals surface area (Å²) < 4.78 is 55.1. The van der Waals surface area contributed by atoms with Crippen molar-refractivity contribution < 1.29 is 27.5 Å². The zero-order chi connectivity index (χ0) is 26.0. The topological polar surface area (TPSA) is 88.2 Å². The molecule has 186 valence electrons. The third-order valence-electron chi connectivity index (χ3n) is 5.74. The Morgan fingerprint density at radius 2 is 1.74 bits per heavy atom. The van der Waals surface area contributed by atoms with Crippen molar-refractivity contribution >= 4 is 17.4 Å². The zero-order valence-electron chi connectivity index (χ0n) is 19.0. The van der Waals surface area contributed by atoms with Crippen molar-refractivity contribution in [2.75, 3.05) is 13.1 Å². The van der Waals surface area contributed by atoms with E-state index in [1.165, 1.54) is 18.2 Å². The first-order valence-electron chi connectivity index (χ1n) is 10.6. The summed E-state index contributed by atoms with van der Waals surface area (Å²) >= 11 is 5.86. The van der Waals surface area contributed by atoms with Gasteiger partial charge in [-0.3, -0.25) is 4.79 Å². The quantitative estimate of drug-likeness (QED) is 0.295. The van der Waals surface area contributed by atoms with Gasteiger partial charge in [0.2, 0.25) is 5.60 Å². The summed E-state index contributed by atoms with van der Waals surface area (Å²) in [6, 6.07) is 14.7. The molecule has 0 aliphatic rings. The Hall–Kier alpha value is -2.85. The number of ketones is 1. The number of Topliss-reactive ketones (excluding diaryl/α,β-unsaturated/α-hetero) is 1. The molecule has 35 heavy (non-hydrogen) atoms. The number of carbonyl (C=O) groups excluding carboxylic acids is 1. The normalized spacial score (nSPS) is 14.0. The van der Waals surface area contributed by atoms with Gasteiger partial charge in [0.25, 0.3) is 0 Å². The molecule has 1 atom stereocenters. The fourth-order valence-electron chi connectivity index (χ4n) is 3.40. The summed E-state index contributed by atoms with van der Waals surface area (Å²) in [5.41, 5.74) is 1.14. The van der Waals surface area contributed by atoms with Crippen LogP contribution in [0.5, 0.6) is 0 Å². The molecule has 3 aromatic rings. The van der Waals surface area contributed by atoms with Crippen LogP contribution in [-0.2, 0) is 11.1 Å². The van der Waals surface area contributed by atoms with Crippen molar-refractivity contribution in [1.29, 1.82) is 0 Å². The average Bonchev–Trinajstić information content (AvgIpc) is 2.83. The monoisotopic (exact) mass is 509 g/mol. The minimum Gasteiger partial charge on any atom is -0.374 e. The lowest BCUT2D eigenvalue weighted by Crippen LogP contribution is -2.49. The van der Waals surface area contributed by atoms with E-state index in [2.05, 4.69) is 10.3 Å². The number of nitrogens with zero attached hydrogens (tertiary/aromatic N) is 1. The van der Waals surface area contributed by atoms with Crippen LogP contribution in [0.15, 0.2) is 60.7 Å². The number of pyridine rings is 1. The highest BCUT2D eigenvalue weighted by atomic mass is 35.5. The number of hydrogen-bond acceptors (Lipinski definition) is 5. The van der Waals surface area contributed by atoms with Gasteiger partial charge in [0.1, 0.15) is 5.82 Å². The number of rotatable bonds is 8. The molecule has 0 amide bonds. The van der Waals surface area contributed by atoms with E-state index >= 15 is 0 Å². The molecular weight excluding hydrogens is 486 g/mol. The number of nitrogens with one attached hydrogen (secondary N) is 1. The summed E-state index contributed by atoms with van der Waals surface area (Å²) in [5, 5.41) is 13.3. The van der Waals surface area contributed by atoms with Crippen molar-refractivity contribution in [3.05, 3.63) is 88.3 Å². The van der Waals surface area contributed by atoms with Crippen LogP contribution in [0.2, 0.25) is 5.02 Å². The molecule has 1 heterocycles. The van der Waals surface area contributed by atoms with E-state index < -0.39 is 35.4 Å². The maximum absolute atomic E-state index is 13.8. The van der Waals surface area contributed by atoms with Crippen LogP contribution in [0.1, 0.15) is 35.5 Å². The molecule has 10 heteroatoms. The Morgan fingerprint density at radius 1 is 1.09 bits per heavy atom. The van der Waals surface area contributed by atoms with E-state index in [1.807, 2.05) is 0 Å². The zero-order valence-corrected chi connectivity index (χ0v) is 19.7. The maximum Gasteiger partial charge on any atom is 0.424 e. The predicted molar refractivity (Wildman–Crippen MR) is 125 cm³/mol. The number of alkyl halides is 3. The van der Waals surface area contributed by atoms with Crippen molar-refractivity contribution in [3.63, 3.8) is 0 Å². The number of carbonyl (C=O) groups is 1. The molecule has 1 aromatic heterocycles. The third kappa shape index (κ3) is 5.70. The molecule has 5 nitrogen and oxygen atoms in total. The molecule has 0 saturated carbocycles. The first-order valence-corrected chi connectivity index (χ1v) is 11.0. The first kappa shape index (κ1) is 26.7. The molecule has 4 N–H and O–H groups in total. The van der Waals surface area contributed by atoms with Gasteiger partial charge in [0, 0.05) is 23.2 Å². The minimum absolute atomic E-state index is 0.0137. The highest BCUT2D eigenvalue weighted by Gasteiger charge is 2.55. The van der Waals surface area contributed by atoms with Gasteiger partial charge in [-0.15, -0.1) is 0 Å². The SMILES string of the molecule is CC(C)(NCC(=O)c1ccccc1)c1cc(-c2ccc(F)c(Cl)c2)nc(C(O)(CN)C(F)(F)F)c1. The standard InChI is InChI=1S/C25H24ClF4N3O2/c1-23(2,32-13-21(34)15-6-4-3-5-7-15)17-11-20(16-8-9-19(27)18(26)10-16)33-22(12-17)24(35,14-31)25(28,29)30/h3-12,32,35H,13-14,31H2,1-2H3. The van der Waals surface area contributed by atoms with Gasteiger partial charge >= 0.3 is 6.18 Å². The second-order valence-corrected chi connectivity index (χ2v) is 8.99. The van der Waals surface area contributed by atoms with Crippen LogP contribution in [0.25, 0.3) is 11.3 Å². The first-order chi connectivity index (χ1) is 16.3. The lowest BCUT2D eigenvalue weighted by molar-refractivity contribution is -0.263. The van der Waals surface area contributed by atoms with Crippen LogP contribution in [0, 0.1) is 5.82 Å². The summed E-state index contributed by atoms with van der Waals surface area (Å²) in [6.07, 6.45) is -5.12. The molecule has 0 spiro atoms. The van der Waals surface area contributed by atoms with E-state index in [9.17, 15) is 27.5 Å². The van der Waals surface area contributed by atoms with Crippen LogP contribution in [0.3, 0.4) is 0 Å². The number of hydrogen-bond donors (Lipinski definition) is 3. The lowest BCUT2D eigenvalue weighted by Gasteiger charge is -2.32. The molecular formula is C25H24ClF4N3O2. The highest BCUT2D eigenvalue weighted by Crippen LogP contribution is 2.40. The molecule has 0 bridgehead atoms. The number of aliphatic hydroxyl groups is 1. The van der Waals surface area contributed by atoms with Crippen molar-refractivity contribution in [3.8, 4) is 11.3 Å². The van der Waals surface area contributed by atoms with Crippen molar-refractivity contribution in [2.45, 2.75) is 31.2 Å². The second-order valence-electron chi connectivity index (χ2n) is 8.59. The fraction of sp³-hybridized carbons (Fsp3) is 0.280. The fourth-order valence-corrected chi connectivity index (χ4v) is 3.58. The molecule has 1 unspecified atom stereocenters. The van der Waals surface area contributed by atoms with E-state index in [0.717, 1.165) is 12.1 Å². The summed E-state index contributed by atoms with van der Waals surface area (Å²) in [4.78, 5) is 16.6. The molecule has 3 rings (SSSR count). The highest BCUT2D eigenvalue weighted by molar-refractivity contribution is 6.31. The molecule has 0 saturated heterocycles. The Bertz CT molecular complexity index is 1220. The summed E-state index contributed by atoms with van der Waals surface area (Å²) in [5.74, 6) is -0.922. The number of benzene rings is 2. The van der Waals surface area contributed by atoms with Crippen LogP contribution in [-0.4, -0.2) is 35.1 Å². The Balaban J connectivity index is 2.08. The van der Waals surface area contributed by atoms with Crippen LogP contribution < -0.4 is 11.1 Å². The summed E-state index contributed by atoms with van der Waals surface area (Å²) in [7, 11) is 0. The predicted octanol–water partition coefficient (Wildman–Crippen LogP) is 4.96. The molecule has 2 aromatic carbocycles. The van der Waals surface area contributed by atoms with Gasteiger partial charge in [-0.2, -0.15) is 13.2 Å². The smallest absolute Gasteiger partial charge is 0.374 e. The average molecular weight is 510 g/mol. The van der Waals surface area contributed by atoms with Gasteiger partial charge in [-0.1, -0.05) is 41.9 Å². The number of aromatic nitrogens is 1. The van der Waals surface area contributed by atoms with Gasteiger partial charge in [-0.05, 0) is 49.7 Å². The van der Waals surface area contributed by atoms with E-state index in [-0.39, 0.29) is 34.2 Å². The Labute approximate surface area is 204 Å². The van der Waals surface area contributed by atoms with Crippen molar-refractivity contribution in [1.82, 2.24) is 10.3 Å². The summed E-state index contributed by atoms with van der Waals surface area (Å²) in [6.45, 7) is 2.06. The number of halogens is 5. The van der Waals surface area contributed by atoms with Gasteiger partial charge < -0.3 is 16.2 Å². The number of nitrogens with two attached hydrogens (primary N) is 1. The Morgan fingerprint density at radius 3 is 2.31 bits per heavy atom. The van der Waals surface area contributed by atoms with E-state index in [4.69, 9.17) is 17.3 Å². The van der Waals surface area contributed by atoms with Crippen LogP contribution in [0.4, 0.5) is 17.6 Å². The van der Waals surface area contributed by atoms with E-state index in [0.29, 0.717) is 5.56 Å². The minimum atomic E-state index is -5.12. The molecule has 0 radical (unpaired) electrons. The largest absolute Gasteiger partial charge is 0.424 e. The molecule has 0 fully saturated rings. The molecule has 0 aliphatic carbocycles. The Kier molecular flexibility index (Phi) is 7.66. The van der Waals surface area contributed by atoms with Crippen molar-refractivity contribution in [2.24, 2.45) is 5.73 Å². The molecule has 0 aliphatic heterocycles. The second kappa shape index (κ2) is 10.0. The van der Waals surface area contributed by atoms with E-state index in [1.54, 1.807) is 44.2 Å². The van der Waals surface area contributed by atoms with Gasteiger partial charge in [0.15, 0.2) is 5.78 Å².